The third kappa shape index (κ3) is 5.03. The molecule has 1 saturated heterocycles. The Hall–Kier alpha value is -1.74. The highest BCUT2D eigenvalue weighted by Crippen LogP contribution is 2.38. The Labute approximate surface area is 196 Å². The smallest absolute Gasteiger partial charge is 0.341 e. The van der Waals surface area contributed by atoms with Gasteiger partial charge in [0.2, 0.25) is 0 Å². The van der Waals surface area contributed by atoms with E-state index < -0.39 is 0 Å². The Bertz CT molecular complexity index is 989. The summed E-state index contributed by atoms with van der Waals surface area (Å²) in [7, 11) is 1.42. The highest BCUT2D eigenvalue weighted by atomic mass is 35.5. The number of thiocarbonyl (C=S) groups is 1. The normalized spacial score (nSPS) is 16.7. The molecule has 1 N–H and O–H groups in total. The first kappa shape index (κ1) is 22.5. The minimum atomic E-state index is -0.323. The molecule has 0 saturated carbocycles. The van der Waals surface area contributed by atoms with Gasteiger partial charge in [0.1, 0.15) is 10.8 Å². The number of carbonyl (C=O) groups excluding carboxylic acids is 1. The molecule has 2 heterocycles. The number of hydrogen-bond donors (Lipinski definition) is 1. The number of nitrogens with one attached hydrogen (secondary N) is 1. The number of aryl methyl sites for hydroxylation is 1. The van der Waals surface area contributed by atoms with Gasteiger partial charge in [-0.2, -0.15) is 0 Å². The molecule has 0 amide bonds. The molecule has 1 aromatic carbocycles. The summed E-state index contributed by atoms with van der Waals surface area (Å²) in [5.74, 6) is -0.623. The van der Waals surface area contributed by atoms with Crippen LogP contribution in [0.15, 0.2) is 18.2 Å². The summed E-state index contributed by atoms with van der Waals surface area (Å²) in [5.41, 5.74) is 2.69. The Balaban J connectivity index is 1.38. The monoisotopic (exact) mass is 481 g/mol. The molecule has 0 atom stereocenters. The fourth-order valence-corrected chi connectivity index (χ4v) is 6.00. The van der Waals surface area contributed by atoms with Crippen LogP contribution in [0, 0.1) is 5.82 Å². The molecule has 1 aromatic heterocycles. The molecule has 5 nitrogen and oxygen atoms in total. The van der Waals surface area contributed by atoms with Gasteiger partial charge >= 0.3 is 5.97 Å². The van der Waals surface area contributed by atoms with Crippen molar-refractivity contribution in [1.29, 1.82) is 0 Å². The van der Waals surface area contributed by atoms with Crippen molar-refractivity contribution in [1.82, 2.24) is 9.80 Å². The number of ether oxygens (including phenoxy) is 1. The van der Waals surface area contributed by atoms with Crippen molar-refractivity contribution in [3.8, 4) is 0 Å². The summed E-state index contributed by atoms with van der Waals surface area (Å²) in [4.78, 5) is 18.1. The third-order valence-electron chi connectivity index (χ3n) is 5.85. The van der Waals surface area contributed by atoms with Crippen molar-refractivity contribution in [2.75, 3.05) is 38.6 Å². The summed E-state index contributed by atoms with van der Waals surface area (Å²) in [5, 5.41) is 5.21. The number of piperazine rings is 1. The molecule has 1 fully saturated rings. The number of fused-ring (bicyclic) bond motifs is 1. The lowest BCUT2D eigenvalue weighted by Gasteiger charge is -2.36. The molecule has 1 aliphatic heterocycles. The van der Waals surface area contributed by atoms with Gasteiger partial charge in [-0.1, -0.05) is 17.7 Å². The predicted molar refractivity (Wildman–Crippen MR) is 127 cm³/mol. The van der Waals surface area contributed by atoms with Crippen LogP contribution in [-0.2, 0) is 24.1 Å². The molecule has 0 radical (unpaired) electrons. The van der Waals surface area contributed by atoms with E-state index in [-0.39, 0.29) is 11.8 Å². The summed E-state index contributed by atoms with van der Waals surface area (Å²) in [6.45, 7) is 3.85. The van der Waals surface area contributed by atoms with E-state index in [1.54, 1.807) is 17.4 Å². The number of methoxy groups -OCH3 is 1. The molecule has 166 valence electrons. The summed E-state index contributed by atoms with van der Waals surface area (Å²) in [6, 6.07) is 4.53. The lowest BCUT2D eigenvalue weighted by Crippen LogP contribution is -2.49. The molecule has 2 aromatic rings. The van der Waals surface area contributed by atoms with Crippen LogP contribution in [0.4, 0.5) is 9.39 Å². The van der Waals surface area contributed by atoms with E-state index in [1.807, 2.05) is 0 Å². The van der Waals surface area contributed by atoms with Crippen LogP contribution < -0.4 is 5.32 Å². The molecule has 0 spiro atoms. The number of rotatable bonds is 4. The van der Waals surface area contributed by atoms with E-state index >= 15 is 0 Å². The van der Waals surface area contributed by atoms with Gasteiger partial charge < -0.3 is 15.0 Å². The number of halogens is 2. The van der Waals surface area contributed by atoms with Crippen LogP contribution in [0.5, 0.6) is 0 Å². The van der Waals surface area contributed by atoms with Crippen molar-refractivity contribution in [2.45, 2.75) is 32.2 Å². The first-order valence-electron chi connectivity index (χ1n) is 10.4. The van der Waals surface area contributed by atoms with Crippen LogP contribution in [0.2, 0.25) is 5.02 Å². The number of nitrogens with zero attached hydrogens (tertiary/aromatic N) is 2. The van der Waals surface area contributed by atoms with E-state index in [1.165, 1.54) is 24.1 Å². The molecular formula is C22H25ClFN3O2S2. The van der Waals surface area contributed by atoms with E-state index in [0.717, 1.165) is 68.0 Å². The molecular weight excluding hydrogens is 457 g/mol. The Morgan fingerprint density at radius 3 is 2.71 bits per heavy atom. The molecule has 0 bridgehead atoms. The summed E-state index contributed by atoms with van der Waals surface area (Å²) < 4.78 is 18.3. The van der Waals surface area contributed by atoms with Crippen LogP contribution in [0.25, 0.3) is 0 Å². The number of esters is 1. The third-order valence-corrected chi connectivity index (χ3v) is 7.77. The van der Waals surface area contributed by atoms with Crippen LogP contribution in [0.1, 0.15) is 39.2 Å². The largest absolute Gasteiger partial charge is 0.465 e. The fourth-order valence-electron chi connectivity index (χ4n) is 4.15. The van der Waals surface area contributed by atoms with Crippen molar-refractivity contribution in [2.24, 2.45) is 0 Å². The maximum Gasteiger partial charge on any atom is 0.341 e. The van der Waals surface area contributed by atoms with Crippen molar-refractivity contribution < 1.29 is 13.9 Å². The average molecular weight is 482 g/mol. The summed E-state index contributed by atoms with van der Waals surface area (Å²) >= 11 is 13.5. The Morgan fingerprint density at radius 1 is 1.26 bits per heavy atom. The standard InChI is InChI=1S/C22H25ClFN3O2S2/c1-29-21(28)19-16-4-2-3-5-18(16)31-20(19)25-22(30)27-10-8-26(9-11-27)13-14-6-7-15(24)12-17(14)23/h6-7,12H,2-5,8-11,13H2,1H3,(H,25,30). The zero-order valence-corrected chi connectivity index (χ0v) is 19.8. The number of hydrogen-bond acceptors (Lipinski definition) is 5. The van der Waals surface area contributed by atoms with Crippen LogP contribution in [0.3, 0.4) is 0 Å². The van der Waals surface area contributed by atoms with Gasteiger partial charge in [0.25, 0.3) is 0 Å². The SMILES string of the molecule is COC(=O)c1c(NC(=S)N2CCN(Cc3ccc(F)cc3Cl)CC2)sc2c1CCCC2. The fraction of sp³-hybridized carbons (Fsp3) is 0.455. The first-order valence-corrected chi connectivity index (χ1v) is 12.0. The van der Waals surface area contributed by atoms with E-state index in [4.69, 9.17) is 28.6 Å². The highest BCUT2D eigenvalue weighted by molar-refractivity contribution is 7.80. The molecule has 31 heavy (non-hydrogen) atoms. The van der Waals surface area contributed by atoms with Gasteiger partial charge in [0, 0.05) is 42.6 Å². The van der Waals surface area contributed by atoms with Gasteiger partial charge in [-0.3, -0.25) is 4.90 Å². The van der Waals surface area contributed by atoms with Gasteiger partial charge in [0.15, 0.2) is 5.11 Å². The average Bonchev–Trinajstić information content (AvgIpc) is 3.13. The Morgan fingerprint density at radius 2 is 2.00 bits per heavy atom. The molecule has 0 unspecified atom stereocenters. The van der Waals surface area contributed by atoms with Gasteiger partial charge in [0.05, 0.1) is 12.7 Å². The van der Waals surface area contributed by atoms with Crippen LogP contribution in [-0.4, -0.2) is 54.2 Å². The van der Waals surface area contributed by atoms with Gasteiger partial charge in [-0.25, -0.2) is 9.18 Å². The van der Waals surface area contributed by atoms with Crippen molar-refractivity contribution >= 4 is 51.2 Å². The predicted octanol–water partition coefficient (Wildman–Crippen LogP) is 4.72. The number of thiophene rings is 1. The minimum absolute atomic E-state index is 0.300. The lowest BCUT2D eigenvalue weighted by atomic mass is 9.95. The quantitative estimate of drug-likeness (QED) is 0.503. The molecule has 1 aliphatic carbocycles. The Kier molecular flexibility index (Phi) is 7.11. The number of anilines is 1. The number of carbonyl (C=O) groups is 1. The summed E-state index contributed by atoms with van der Waals surface area (Å²) in [6.07, 6.45) is 4.16. The zero-order valence-electron chi connectivity index (χ0n) is 17.4. The van der Waals surface area contributed by atoms with E-state index in [0.29, 0.717) is 22.2 Å². The second-order valence-corrected chi connectivity index (χ2v) is 9.73. The van der Waals surface area contributed by atoms with Crippen LogP contribution >= 0.6 is 35.2 Å². The molecule has 9 heteroatoms. The lowest BCUT2D eigenvalue weighted by molar-refractivity contribution is 0.0601. The highest BCUT2D eigenvalue weighted by Gasteiger charge is 2.28. The van der Waals surface area contributed by atoms with E-state index in [2.05, 4.69) is 15.1 Å². The maximum absolute atomic E-state index is 13.3. The second-order valence-electron chi connectivity index (χ2n) is 7.84. The molecule has 2 aliphatic rings. The minimum Gasteiger partial charge on any atom is -0.465 e. The zero-order chi connectivity index (χ0) is 22.0. The van der Waals surface area contributed by atoms with Crippen molar-refractivity contribution in [3.05, 3.63) is 50.6 Å². The second kappa shape index (κ2) is 9.81. The maximum atomic E-state index is 13.3. The van der Waals surface area contributed by atoms with Gasteiger partial charge in [-0.15, -0.1) is 11.3 Å². The first-order chi connectivity index (χ1) is 15.0. The topological polar surface area (TPSA) is 44.8 Å². The van der Waals surface area contributed by atoms with E-state index in [9.17, 15) is 9.18 Å². The van der Waals surface area contributed by atoms with Gasteiger partial charge in [-0.05, 0) is 61.2 Å². The molecule has 4 rings (SSSR count). The van der Waals surface area contributed by atoms with Crippen molar-refractivity contribution in [3.63, 3.8) is 0 Å². The number of benzene rings is 1.